The van der Waals surface area contributed by atoms with Crippen molar-refractivity contribution in [3.63, 3.8) is 0 Å². The van der Waals surface area contributed by atoms with Gasteiger partial charge in [0.15, 0.2) is 24.0 Å². The van der Waals surface area contributed by atoms with E-state index in [0.717, 1.165) is 68.5 Å². The molecule has 3 aliphatic heterocycles. The van der Waals surface area contributed by atoms with Crippen LogP contribution < -0.4 is 5.32 Å². The zero-order valence-electron chi connectivity index (χ0n) is 25.8. The number of likely N-dealkylation sites (tertiary alicyclic amines) is 1. The second-order valence-electron chi connectivity index (χ2n) is 11.9. The number of nitrogens with one attached hydrogen (secondary N) is 1. The van der Waals surface area contributed by atoms with Crippen LogP contribution in [0.15, 0.2) is 48.5 Å². The summed E-state index contributed by atoms with van der Waals surface area (Å²) < 4.78 is 45.1. The SMILES string of the molecule is CC.O=C(NC1CCN(C2CCC(c3ccccc3)CC2)C1)N1C(=O)OC(COC2CCCCO2)C1c1ccc(F)c(F)c1. The van der Waals surface area contributed by atoms with Crippen LogP contribution in [0.25, 0.3) is 0 Å². The number of benzene rings is 2. The Morgan fingerprint density at radius 3 is 2.43 bits per heavy atom. The van der Waals surface area contributed by atoms with E-state index in [4.69, 9.17) is 14.2 Å². The van der Waals surface area contributed by atoms with Crippen LogP contribution in [0.2, 0.25) is 0 Å². The Bertz CT molecular complexity index is 1240. The van der Waals surface area contributed by atoms with Gasteiger partial charge in [-0.3, -0.25) is 4.90 Å². The number of urea groups is 1. The standard InChI is InChI=1S/C32H39F2N3O5.C2H6/c33-26-14-11-23(18-27(26)34)30-28(20-41-29-8-4-5-17-40-29)42-32(39)37(30)31(38)35-24-15-16-36(19-24)25-12-9-22(10-13-25)21-6-2-1-3-7-21;1-2/h1-3,6-7,11,14,18,22,24-25,28-30H,4-5,8-10,12-13,15-17,19-20H2,(H,35,38);1-2H3. The van der Waals surface area contributed by atoms with E-state index in [1.807, 2.05) is 13.8 Å². The Hall–Kier alpha value is -3.08. The molecule has 0 aromatic heterocycles. The van der Waals surface area contributed by atoms with Crippen molar-refractivity contribution in [1.29, 1.82) is 0 Å². The normalized spacial score (nSPS) is 29.1. The molecule has 10 heteroatoms. The van der Waals surface area contributed by atoms with Crippen LogP contribution in [0.5, 0.6) is 0 Å². The van der Waals surface area contributed by atoms with E-state index >= 15 is 0 Å². The molecule has 1 aliphatic carbocycles. The predicted octanol–water partition coefficient (Wildman–Crippen LogP) is 6.91. The van der Waals surface area contributed by atoms with E-state index in [0.29, 0.717) is 31.5 Å². The molecule has 0 bridgehead atoms. The number of halogens is 2. The lowest BCUT2D eigenvalue weighted by atomic mass is 9.81. The molecule has 44 heavy (non-hydrogen) atoms. The number of carbonyl (C=O) groups is 2. The molecule has 4 fully saturated rings. The van der Waals surface area contributed by atoms with Crippen LogP contribution in [0, 0.1) is 11.6 Å². The molecule has 6 rings (SSSR count). The largest absolute Gasteiger partial charge is 0.441 e. The van der Waals surface area contributed by atoms with E-state index in [1.54, 1.807) is 0 Å². The lowest BCUT2D eigenvalue weighted by molar-refractivity contribution is -0.174. The van der Waals surface area contributed by atoms with Crippen LogP contribution in [0.4, 0.5) is 18.4 Å². The molecule has 3 saturated heterocycles. The molecule has 3 amide bonds. The summed E-state index contributed by atoms with van der Waals surface area (Å²) in [6, 6.07) is 12.8. The van der Waals surface area contributed by atoms with Gasteiger partial charge in [0.05, 0.1) is 6.61 Å². The Morgan fingerprint density at radius 1 is 0.955 bits per heavy atom. The van der Waals surface area contributed by atoms with Gasteiger partial charge in [0.25, 0.3) is 0 Å². The fourth-order valence-corrected chi connectivity index (χ4v) is 6.95. The molecule has 8 nitrogen and oxygen atoms in total. The lowest BCUT2D eigenvalue weighted by Gasteiger charge is -2.35. The van der Waals surface area contributed by atoms with Crippen LogP contribution in [-0.2, 0) is 14.2 Å². The van der Waals surface area contributed by atoms with Crippen molar-refractivity contribution in [2.24, 2.45) is 0 Å². The maximum Gasteiger partial charge on any atom is 0.419 e. The van der Waals surface area contributed by atoms with Gasteiger partial charge in [-0.15, -0.1) is 0 Å². The van der Waals surface area contributed by atoms with Crippen molar-refractivity contribution >= 4 is 12.1 Å². The predicted molar refractivity (Wildman–Crippen MR) is 162 cm³/mol. The average molecular weight is 614 g/mol. The molecular weight excluding hydrogens is 568 g/mol. The average Bonchev–Trinajstić information content (AvgIpc) is 3.67. The molecule has 4 aliphatic rings. The van der Waals surface area contributed by atoms with Gasteiger partial charge < -0.3 is 19.5 Å². The molecule has 240 valence electrons. The number of imide groups is 1. The van der Waals surface area contributed by atoms with Crippen molar-refractivity contribution in [3.8, 4) is 0 Å². The second kappa shape index (κ2) is 15.3. The van der Waals surface area contributed by atoms with E-state index in [-0.39, 0.29) is 18.2 Å². The van der Waals surface area contributed by atoms with E-state index in [2.05, 4.69) is 40.5 Å². The topological polar surface area (TPSA) is 80.3 Å². The third-order valence-electron chi connectivity index (χ3n) is 9.20. The van der Waals surface area contributed by atoms with Crippen molar-refractivity contribution in [2.45, 2.75) is 102 Å². The van der Waals surface area contributed by atoms with Gasteiger partial charge in [0.2, 0.25) is 0 Å². The fourth-order valence-electron chi connectivity index (χ4n) is 6.95. The third kappa shape index (κ3) is 7.58. The molecule has 4 unspecified atom stereocenters. The third-order valence-corrected chi connectivity index (χ3v) is 9.20. The van der Waals surface area contributed by atoms with Gasteiger partial charge in [-0.2, -0.15) is 0 Å². The summed E-state index contributed by atoms with van der Waals surface area (Å²) in [5.41, 5.74) is 1.67. The summed E-state index contributed by atoms with van der Waals surface area (Å²) in [5.74, 6) is -1.47. The number of carbonyl (C=O) groups excluding carboxylic acids is 2. The molecule has 0 spiro atoms. The Balaban J connectivity index is 0.00000188. The Morgan fingerprint density at radius 2 is 1.73 bits per heavy atom. The van der Waals surface area contributed by atoms with Gasteiger partial charge in [0, 0.05) is 31.8 Å². The van der Waals surface area contributed by atoms with Gasteiger partial charge >= 0.3 is 12.1 Å². The Kier molecular flexibility index (Phi) is 11.2. The highest BCUT2D eigenvalue weighted by Gasteiger charge is 2.48. The Labute approximate surface area is 259 Å². The molecular formula is C34H45F2N3O5. The van der Waals surface area contributed by atoms with Crippen LogP contribution >= 0.6 is 0 Å². The number of amides is 3. The van der Waals surface area contributed by atoms with Crippen molar-refractivity contribution in [2.75, 3.05) is 26.3 Å². The minimum Gasteiger partial charge on any atom is -0.441 e. The van der Waals surface area contributed by atoms with Gasteiger partial charge in [-0.1, -0.05) is 50.2 Å². The highest BCUT2D eigenvalue weighted by Crippen LogP contribution is 2.37. The van der Waals surface area contributed by atoms with Gasteiger partial charge in [-0.05, 0) is 80.5 Å². The van der Waals surface area contributed by atoms with Gasteiger partial charge in [-0.25, -0.2) is 23.3 Å². The number of nitrogens with zero attached hydrogens (tertiary/aromatic N) is 2. The maximum atomic E-state index is 14.3. The van der Waals surface area contributed by atoms with E-state index in [9.17, 15) is 18.4 Å². The van der Waals surface area contributed by atoms with Crippen LogP contribution in [-0.4, -0.2) is 72.7 Å². The first-order valence-corrected chi connectivity index (χ1v) is 16.2. The molecule has 2 aromatic carbocycles. The molecule has 1 saturated carbocycles. The maximum absolute atomic E-state index is 14.3. The van der Waals surface area contributed by atoms with Crippen molar-refractivity contribution in [3.05, 3.63) is 71.3 Å². The highest BCUT2D eigenvalue weighted by atomic mass is 19.2. The summed E-state index contributed by atoms with van der Waals surface area (Å²) in [5, 5.41) is 3.02. The van der Waals surface area contributed by atoms with Crippen LogP contribution in [0.1, 0.15) is 88.3 Å². The highest BCUT2D eigenvalue weighted by molar-refractivity contribution is 5.93. The summed E-state index contributed by atoms with van der Waals surface area (Å²) >= 11 is 0. The lowest BCUT2D eigenvalue weighted by Crippen LogP contribution is -2.48. The summed E-state index contributed by atoms with van der Waals surface area (Å²) in [6.45, 7) is 6.13. The molecule has 1 N–H and O–H groups in total. The smallest absolute Gasteiger partial charge is 0.419 e. The summed E-state index contributed by atoms with van der Waals surface area (Å²) in [6.07, 6.45) is 5.76. The minimum absolute atomic E-state index is 0.0350. The zero-order chi connectivity index (χ0) is 31.1. The quantitative estimate of drug-likeness (QED) is 0.366. The van der Waals surface area contributed by atoms with E-state index < -0.39 is 42.2 Å². The first kappa shape index (κ1) is 32.3. The molecule has 2 aromatic rings. The first-order valence-electron chi connectivity index (χ1n) is 16.2. The summed E-state index contributed by atoms with van der Waals surface area (Å²) in [7, 11) is 0. The van der Waals surface area contributed by atoms with Crippen molar-refractivity contribution < 1.29 is 32.6 Å². The van der Waals surface area contributed by atoms with E-state index in [1.165, 1.54) is 11.6 Å². The number of ether oxygens (including phenoxy) is 3. The fraction of sp³-hybridized carbons (Fsp3) is 0.588. The number of cyclic esters (lactones) is 1. The number of hydrogen-bond donors (Lipinski definition) is 1. The minimum atomic E-state index is -1.06. The molecule has 4 atom stereocenters. The van der Waals surface area contributed by atoms with Crippen molar-refractivity contribution in [1.82, 2.24) is 15.1 Å². The first-order chi connectivity index (χ1) is 21.5. The molecule has 0 radical (unpaired) electrons. The summed E-state index contributed by atoms with van der Waals surface area (Å²) in [4.78, 5) is 30.0. The zero-order valence-corrected chi connectivity index (χ0v) is 25.8. The molecule has 3 heterocycles. The number of hydrogen-bond acceptors (Lipinski definition) is 6. The van der Waals surface area contributed by atoms with Crippen LogP contribution in [0.3, 0.4) is 0 Å². The second-order valence-corrected chi connectivity index (χ2v) is 11.9. The monoisotopic (exact) mass is 613 g/mol. The number of rotatable bonds is 7. The van der Waals surface area contributed by atoms with Gasteiger partial charge in [0.1, 0.15) is 6.04 Å².